The van der Waals surface area contributed by atoms with E-state index < -0.39 is 0 Å². The molecule has 20 heavy (non-hydrogen) atoms. The Morgan fingerprint density at radius 2 is 2.05 bits per heavy atom. The number of hydrogen-bond acceptors (Lipinski definition) is 2. The highest BCUT2D eigenvalue weighted by Crippen LogP contribution is 2.20. The van der Waals surface area contributed by atoms with Crippen molar-refractivity contribution < 1.29 is 9.13 Å². The van der Waals surface area contributed by atoms with Crippen LogP contribution in [0.2, 0.25) is 0 Å². The van der Waals surface area contributed by atoms with Crippen molar-refractivity contribution in [2.45, 2.75) is 45.4 Å². The van der Waals surface area contributed by atoms with Gasteiger partial charge in [0.15, 0.2) is 0 Å². The van der Waals surface area contributed by atoms with Crippen molar-refractivity contribution in [3.8, 4) is 11.8 Å². The maximum absolute atomic E-state index is 13.5. The van der Waals surface area contributed by atoms with E-state index in [1.54, 1.807) is 18.2 Å². The Labute approximate surface area is 120 Å². The number of rotatable bonds is 1. The van der Waals surface area contributed by atoms with Gasteiger partial charge in [0.05, 0.1) is 11.2 Å². The summed E-state index contributed by atoms with van der Waals surface area (Å²) in [6.45, 7) is 7.02. The van der Waals surface area contributed by atoms with Gasteiger partial charge in [-0.2, -0.15) is 0 Å². The Morgan fingerprint density at radius 1 is 1.30 bits per heavy atom. The van der Waals surface area contributed by atoms with Crippen molar-refractivity contribution in [3.05, 3.63) is 35.6 Å². The molecule has 1 aromatic carbocycles. The minimum Gasteiger partial charge on any atom is -0.358 e. The van der Waals surface area contributed by atoms with Gasteiger partial charge in [-0.1, -0.05) is 24.0 Å². The van der Waals surface area contributed by atoms with E-state index in [2.05, 4.69) is 17.2 Å². The Balaban J connectivity index is 1.99. The summed E-state index contributed by atoms with van der Waals surface area (Å²) < 4.78 is 19.4. The van der Waals surface area contributed by atoms with Crippen LogP contribution in [0.15, 0.2) is 24.3 Å². The van der Waals surface area contributed by atoms with Crippen LogP contribution < -0.4 is 5.32 Å². The van der Waals surface area contributed by atoms with Gasteiger partial charge in [-0.25, -0.2) is 4.39 Å². The Morgan fingerprint density at radius 3 is 2.75 bits per heavy atom. The predicted molar refractivity (Wildman–Crippen MR) is 78.6 cm³/mol. The van der Waals surface area contributed by atoms with Gasteiger partial charge in [-0.05, 0) is 45.9 Å². The molecule has 2 unspecified atom stereocenters. The van der Waals surface area contributed by atoms with Gasteiger partial charge in [0.1, 0.15) is 12.0 Å². The molecule has 2 rings (SSSR count). The van der Waals surface area contributed by atoms with Crippen LogP contribution in [-0.2, 0) is 4.74 Å². The largest absolute Gasteiger partial charge is 0.358 e. The fourth-order valence-corrected chi connectivity index (χ4v) is 2.27. The van der Waals surface area contributed by atoms with E-state index in [-0.39, 0.29) is 23.6 Å². The molecular weight excluding hydrogens is 253 g/mol. The third kappa shape index (κ3) is 4.63. The number of hydrogen-bond donors (Lipinski definition) is 1. The van der Waals surface area contributed by atoms with E-state index in [0.29, 0.717) is 5.56 Å². The maximum Gasteiger partial charge on any atom is 0.138 e. The second-order valence-corrected chi connectivity index (χ2v) is 6.14. The molecular formula is C17H22FNO. The second kappa shape index (κ2) is 6.39. The molecule has 3 heteroatoms. The molecule has 2 nitrogen and oxygen atoms in total. The van der Waals surface area contributed by atoms with Crippen LogP contribution in [-0.4, -0.2) is 18.4 Å². The standard InChI is InChI=1S/C17H22FNO/c1-17(2,3)20-16-12-13(10-11-19-16)8-9-14-6-4-5-7-15(14)18/h4-7,13,16,19H,10-12H2,1-3H3. The Hall–Kier alpha value is -1.37. The predicted octanol–water partition coefficient (Wildman–Crippen LogP) is 3.32. The summed E-state index contributed by atoms with van der Waals surface area (Å²) in [6, 6.07) is 6.64. The number of benzene rings is 1. The molecule has 0 amide bonds. The molecule has 1 aliphatic heterocycles. The van der Waals surface area contributed by atoms with Crippen LogP contribution in [0.5, 0.6) is 0 Å². The van der Waals surface area contributed by atoms with E-state index in [1.165, 1.54) is 6.07 Å². The minimum absolute atomic E-state index is 0.0312. The molecule has 1 N–H and O–H groups in total. The molecule has 1 aromatic rings. The average Bonchev–Trinajstić information content (AvgIpc) is 2.36. The zero-order valence-electron chi connectivity index (χ0n) is 12.4. The molecule has 0 aromatic heterocycles. The van der Waals surface area contributed by atoms with Crippen molar-refractivity contribution in [2.75, 3.05) is 6.54 Å². The van der Waals surface area contributed by atoms with Gasteiger partial charge < -0.3 is 4.74 Å². The molecule has 0 radical (unpaired) electrons. The van der Waals surface area contributed by atoms with Crippen LogP contribution in [0.1, 0.15) is 39.2 Å². The maximum atomic E-state index is 13.5. The zero-order chi connectivity index (χ0) is 14.6. The summed E-state index contributed by atoms with van der Waals surface area (Å²) in [4.78, 5) is 0. The van der Waals surface area contributed by atoms with Gasteiger partial charge in [0, 0.05) is 12.3 Å². The molecule has 1 fully saturated rings. The highest BCUT2D eigenvalue weighted by molar-refractivity contribution is 5.35. The molecule has 1 aliphatic rings. The third-order valence-electron chi connectivity index (χ3n) is 3.14. The lowest BCUT2D eigenvalue weighted by Crippen LogP contribution is -2.43. The molecule has 108 valence electrons. The smallest absolute Gasteiger partial charge is 0.138 e. The van der Waals surface area contributed by atoms with Crippen molar-refractivity contribution in [1.29, 1.82) is 0 Å². The SMILES string of the molecule is CC(C)(C)OC1CC(C#Cc2ccccc2F)CCN1. The normalized spacial score (nSPS) is 23.0. The average molecular weight is 275 g/mol. The van der Waals surface area contributed by atoms with Crippen molar-refractivity contribution in [3.63, 3.8) is 0 Å². The van der Waals surface area contributed by atoms with Crippen molar-refractivity contribution in [1.82, 2.24) is 5.32 Å². The van der Waals surface area contributed by atoms with Crippen molar-refractivity contribution in [2.24, 2.45) is 5.92 Å². The fourth-order valence-electron chi connectivity index (χ4n) is 2.27. The summed E-state index contributed by atoms with van der Waals surface area (Å²) in [5.41, 5.74) is 0.303. The van der Waals surface area contributed by atoms with Crippen LogP contribution >= 0.6 is 0 Å². The lowest BCUT2D eigenvalue weighted by molar-refractivity contribution is -0.0887. The fraction of sp³-hybridized carbons (Fsp3) is 0.529. The molecule has 0 saturated carbocycles. The Bertz CT molecular complexity index is 510. The zero-order valence-corrected chi connectivity index (χ0v) is 12.4. The number of halogens is 1. The van der Waals surface area contributed by atoms with E-state index in [1.807, 2.05) is 20.8 Å². The summed E-state index contributed by atoms with van der Waals surface area (Å²) in [5, 5.41) is 3.35. The number of piperidine rings is 1. The summed E-state index contributed by atoms with van der Waals surface area (Å²) in [7, 11) is 0. The van der Waals surface area contributed by atoms with Crippen LogP contribution in [0.4, 0.5) is 4.39 Å². The molecule has 0 bridgehead atoms. The number of nitrogens with one attached hydrogen (secondary N) is 1. The monoisotopic (exact) mass is 275 g/mol. The molecule has 0 spiro atoms. The van der Waals surface area contributed by atoms with E-state index in [4.69, 9.17) is 4.74 Å². The van der Waals surface area contributed by atoms with Gasteiger partial charge in [-0.3, -0.25) is 5.32 Å². The first-order chi connectivity index (χ1) is 9.44. The van der Waals surface area contributed by atoms with E-state index >= 15 is 0 Å². The van der Waals surface area contributed by atoms with Gasteiger partial charge in [-0.15, -0.1) is 0 Å². The van der Waals surface area contributed by atoms with Crippen molar-refractivity contribution >= 4 is 0 Å². The topological polar surface area (TPSA) is 21.3 Å². The molecule has 1 heterocycles. The summed E-state index contributed by atoms with van der Waals surface area (Å²) in [6.07, 6.45) is 1.85. The first kappa shape index (κ1) is 15.0. The van der Waals surface area contributed by atoms with Crippen LogP contribution in [0.3, 0.4) is 0 Å². The quantitative estimate of drug-likeness (QED) is 0.794. The first-order valence-electron chi connectivity index (χ1n) is 7.11. The molecule has 0 aliphatic carbocycles. The van der Waals surface area contributed by atoms with Crippen LogP contribution in [0.25, 0.3) is 0 Å². The summed E-state index contributed by atoms with van der Waals surface area (Å²) >= 11 is 0. The highest BCUT2D eigenvalue weighted by Gasteiger charge is 2.24. The highest BCUT2D eigenvalue weighted by atomic mass is 19.1. The summed E-state index contributed by atoms with van der Waals surface area (Å²) in [5.74, 6) is 6.14. The molecule has 1 saturated heterocycles. The van der Waals surface area contributed by atoms with Gasteiger partial charge in [0.2, 0.25) is 0 Å². The first-order valence-corrected chi connectivity index (χ1v) is 7.11. The lowest BCUT2D eigenvalue weighted by atomic mass is 9.96. The molecule has 2 atom stereocenters. The number of ether oxygens (including phenoxy) is 1. The van der Waals surface area contributed by atoms with Gasteiger partial charge >= 0.3 is 0 Å². The minimum atomic E-state index is -0.253. The second-order valence-electron chi connectivity index (χ2n) is 6.14. The van der Waals surface area contributed by atoms with E-state index in [0.717, 1.165) is 19.4 Å². The third-order valence-corrected chi connectivity index (χ3v) is 3.14. The van der Waals surface area contributed by atoms with Gasteiger partial charge in [0.25, 0.3) is 0 Å². The van der Waals surface area contributed by atoms with E-state index in [9.17, 15) is 4.39 Å². The van der Waals surface area contributed by atoms with Crippen LogP contribution in [0, 0.1) is 23.6 Å². The Kier molecular flexibility index (Phi) is 4.80. The lowest BCUT2D eigenvalue weighted by Gasteiger charge is -2.33.